The number of hydrogen-bond acceptors (Lipinski definition) is 3. The van der Waals surface area contributed by atoms with Crippen LogP contribution in [0.5, 0.6) is 0 Å². The molecule has 2 aliphatic heterocycles. The number of rotatable bonds is 4. The zero-order chi connectivity index (χ0) is 11.4. The normalized spacial score (nSPS) is 36.8. The molecule has 0 radical (unpaired) electrons. The smallest absolute Gasteiger partial charge is 0.0939 e. The van der Waals surface area contributed by atoms with Gasteiger partial charge in [0.2, 0.25) is 0 Å². The van der Waals surface area contributed by atoms with Gasteiger partial charge in [0.25, 0.3) is 0 Å². The lowest BCUT2D eigenvalue weighted by atomic mass is 9.82. The molecule has 2 rings (SSSR count). The van der Waals surface area contributed by atoms with Crippen LogP contribution in [0.15, 0.2) is 0 Å². The van der Waals surface area contributed by atoms with Gasteiger partial charge in [-0.05, 0) is 31.6 Å². The van der Waals surface area contributed by atoms with Crippen LogP contribution in [0.1, 0.15) is 45.4 Å². The quantitative estimate of drug-likeness (QED) is 0.801. The Morgan fingerprint density at radius 3 is 3.00 bits per heavy atom. The summed E-state index contributed by atoms with van der Waals surface area (Å²) in [5.74, 6) is 0.622. The summed E-state index contributed by atoms with van der Waals surface area (Å²) in [6.45, 7) is 4.56. The van der Waals surface area contributed by atoms with E-state index in [1.165, 1.54) is 0 Å². The Labute approximate surface area is 98.1 Å². The van der Waals surface area contributed by atoms with Crippen LogP contribution >= 0.6 is 0 Å². The van der Waals surface area contributed by atoms with Crippen molar-refractivity contribution in [2.24, 2.45) is 5.92 Å². The molecule has 3 unspecified atom stereocenters. The van der Waals surface area contributed by atoms with E-state index in [1.54, 1.807) is 0 Å². The van der Waals surface area contributed by atoms with E-state index in [2.05, 4.69) is 6.92 Å². The minimum atomic E-state index is -0.118. The number of hydrogen-bond donors (Lipinski definition) is 1. The molecule has 0 aliphatic carbocycles. The first-order valence-corrected chi connectivity index (χ1v) is 6.64. The highest BCUT2D eigenvalue weighted by molar-refractivity contribution is 4.90. The second kappa shape index (κ2) is 5.48. The molecular weight excluding hydrogens is 204 g/mol. The van der Waals surface area contributed by atoms with Crippen molar-refractivity contribution in [3.63, 3.8) is 0 Å². The molecule has 0 aromatic rings. The molecule has 0 saturated carbocycles. The van der Waals surface area contributed by atoms with Crippen molar-refractivity contribution < 1.29 is 14.6 Å². The van der Waals surface area contributed by atoms with Crippen molar-refractivity contribution >= 4 is 0 Å². The Hall–Kier alpha value is -0.120. The molecule has 2 aliphatic rings. The van der Waals surface area contributed by atoms with E-state index >= 15 is 0 Å². The Kier molecular flexibility index (Phi) is 4.22. The molecule has 3 heteroatoms. The average Bonchev–Trinajstić information content (AvgIpc) is 2.66. The van der Waals surface area contributed by atoms with Crippen molar-refractivity contribution in [2.75, 3.05) is 19.8 Å². The number of aliphatic hydroxyl groups is 1. The first-order valence-electron chi connectivity index (χ1n) is 6.64. The van der Waals surface area contributed by atoms with E-state index in [1.807, 2.05) is 0 Å². The Balaban J connectivity index is 1.82. The zero-order valence-corrected chi connectivity index (χ0v) is 10.3. The first-order chi connectivity index (χ1) is 7.74. The third kappa shape index (κ3) is 2.96. The molecule has 16 heavy (non-hydrogen) atoms. The molecule has 3 atom stereocenters. The molecule has 1 N–H and O–H groups in total. The molecule has 3 nitrogen and oxygen atoms in total. The predicted octanol–water partition coefficient (Wildman–Crippen LogP) is 2.12. The van der Waals surface area contributed by atoms with Crippen molar-refractivity contribution in [2.45, 2.75) is 57.2 Å². The van der Waals surface area contributed by atoms with Crippen LogP contribution in [0.3, 0.4) is 0 Å². The van der Waals surface area contributed by atoms with Crippen LogP contribution in [0, 0.1) is 5.92 Å². The summed E-state index contributed by atoms with van der Waals surface area (Å²) >= 11 is 0. The standard InChI is InChI=1S/C13H24O3/c1-2-3-12(14)8-11-4-6-16-13(9-11)5-7-15-10-13/h11-12,14H,2-10H2,1H3. The molecule has 1 spiro atoms. The lowest BCUT2D eigenvalue weighted by Crippen LogP contribution is -2.41. The maximum Gasteiger partial charge on any atom is 0.0939 e. The van der Waals surface area contributed by atoms with Crippen molar-refractivity contribution in [3.8, 4) is 0 Å². The minimum absolute atomic E-state index is 0.00511. The van der Waals surface area contributed by atoms with Gasteiger partial charge in [-0.25, -0.2) is 0 Å². The fourth-order valence-electron chi connectivity index (χ4n) is 3.03. The Bertz CT molecular complexity index is 211. The van der Waals surface area contributed by atoms with E-state index in [0.717, 1.165) is 58.3 Å². The van der Waals surface area contributed by atoms with Crippen molar-refractivity contribution in [1.29, 1.82) is 0 Å². The molecule has 0 amide bonds. The van der Waals surface area contributed by atoms with Gasteiger partial charge in [0.05, 0.1) is 18.3 Å². The number of aliphatic hydroxyl groups excluding tert-OH is 1. The molecule has 94 valence electrons. The maximum absolute atomic E-state index is 9.86. The van der Waals surface area contributed by atoms with Gasteiger partial charge >= 0.3 is 0 Å². The summed E-state index contributed by atoms with van der Waals surface area (Å²) in [6.07, 6.45) is 6.04. The molecule has 2 heterocycles. The number of ether oxygens (including phenoxy) is 2. The van der Waals surface area contributed by atoms with Gasteiger partial charge in [0.1, 0.15) is 0 Å². The molecule has 0 bridgehead atoms. The summed E-state index contributed by atoms with van der Waals surface area (Å²) in [6, 6.07) is 0. The second-order valence-electron chi connectivity index (χ2n) is 5.37. The Morgan fingerprint density at radius 1 is 1.44 bits per heavy atom. The molecule has 0 aromatic heterocycles. The largest absolute Gasteiger partial charge is 0.393 e. The van der Waals surface area contributed by atoms with E-state index in [4.69, 9.17) is 9.47 Å². The van der Waals surface area contributed by atoms with E-state index in [0.29, 0.717) is 5.92 Å². The first kappa shape index (κ1) is 12.3. The van der Waals surface area contributed by atoms with E-state index < -0.39 is 0 Å². The molecule has 2 fully saturated rings. The summed E-state index contributed by atoms with van der Waals surface area (Å²) in [5.41, 5.74) is -0.00511. The maximum atomic E-state index is 9.86. The van der Waals surface area contributed by atoms with Crippen LogP contribution in [0.25, 0.3) is 0 Å². The van der Waals surface area contributed by atoms with Gasteiger partial charge in [0, 0.05) is 19.6 Å². The summed E-state index contributed by atoms with van der Waals surface area (Å²) in [5, 5.41) is 9.86. The summed E-state index contributed by atoms with van der Waals surface area (Å²) in [4.78, 5) is 0. The third-order valence-corrected chi connectivity index (χ3v) is 3.89. The van der Waals surface area contributed by atoms with Gasteiger partial charge in [-0.1, -0.05) is 13.3 Å². The van der Waals surface area contributed by atoms with E-state index in [-0.39, 0.29) is 11.7 Å². The van der Waals surface area contributed by atoms with Gasteiger partial charge < -0.3 is 14.6 Å². The lowest BCUT2D eigenvalue weighted by Gasteiger charge is -2.37. The van der Waals surface area contributed by atoms with Gasteiger partial charge in [0.15, 0.2) is 0 Å². The van der Waals surface area contributed by atoms with Gasteiger partial charge in [-0.2, -0.15) is 0 Å². The zero-order valence-electron chi connectivity index (χ0n) is 10.3. The predicted molar refractivity (Wildman–Crippen MR) is 62.4 cm³/mol. The average molecular weight is 228 g/mol. The Morgan fingerprint density at radius 2 is 2.31 bits per heavy atom. The highest BCUT2D eigenvalue weighted by Gasteiger charge is 2.41. The van der Waals surface area contributed by atoms with Gasteiger partial charge in [-0.3, -0.25) is 0 Å². The van der Waals surface area contributed by atoms with Crippen LogP contribution in [0.4, 0.5) is 0 Å². The van der Waals surface area contributed by atoms with E-state index in [9.17, 15) is 5.11 Å². The van der Waals surface area contributed by atoms with Crippen LogP contribution in [0.2, 0.25) is 0 Å². The van der Waals surface area contributed by atoms with Crippen LogP contribution in [-0.4, -0.2) is 36.6 Å². The highest BCUT2D eigenvalue weighted by Crippen LogP contribution is 2.37. The summed E-state index contributed by atoms with van der Waals surface area (Å²) < 4.78 is 11.3. The van der Waals surface area contributed by atoms with Crippen molar-refractivity contribution in [3.05, 3.63) is 0 Å². The summed E-state index contributed by atoms with van der Waals surface area (Å²) in [7, 11) is 0. The fourth-order valence-corrected chi connectivity index (χ4v) is 3.03. The minimum Gasteiger partial charge on any atom is -0.393 e. The molecular formula is C13H24O3. The van der Waals surface area contributed by atoms with Gasteiger partial charge in [-0.15, -0.1) is 0 Å². The van der Waals surface area contributed by atoms with Crippen LogP contribution < -0.4 is 0 Å². The highest BCUT2D eigenvalue weighted by atomic mass is 16.6. The lowest BCUT2D eigenvalue weighted by molar-refractivity contribution is -0.103. The fraction of sp³-hybridized carbons (Fsp3) is 1.00. The second-order valence-corrected chi connectivity index (χ2v) is 5.37. The van der Waals surface area contributed by atoms with Crippen molar-refractivity contribution in [1.82, 2.24) is 0 Å². The van der Waals surface area contributed by atoms with Crippen LogP contribution in [-0.2, 0) is 9.47 Å². The topological polar surface area (TPSA) is 38.7 Å². The monoisotopic (exact) mass is 228 g/mol. The molecule has 2 saturated heterocycles. The molecule has 0 aromatic carbocycles. The third-order valence-electron chi connectivity index (χ3n) is 3.89. The SMILES string of the molecule is CCCC(O)CC1CCOC2(CCOC2)C1.